The molecule has 0 saturated heterocycles. The Morgan fingerprint density at radius 2 is 1.57 bits per heavy atom. The lowest BCUT2D eigenvalue weighted by Crippen LogP contribution is -2.48. The van der Waals surface area contributed by atoms with E-state index in [4.69, 9.17) is 28.2 Å². The number of carbonyl (C=O) groups is 2. The van der Waals surface area contributed by atoms with Crippen LogP contribution in [-0.4, -0.2) is 16.9 Å². The molecule has 0 saturated carbocycles. The summed E-state index contributed by atoms with van der Waals surface area (Å²) in [6, 6.07) is 17.0. The van der Waals surface area contributed by atoms with Crippen LogP contribution < -0.4 is 16.2 Å². The first-order valence-corrected chi connectivity index (χ1v) is 9.53. The van der Waals surface area contributed by atoms with Gasteiger partial charge in [-0.1, -0.05) is 39.7 Å². The SMILES string of the molecule is O=C(NNC(=S)NC(=O)c1ccc(-c2ccc(Br)cc2)o1)c1ccc(Cl)cc1. The molecule has 9 heteroatoms. The Hall–Kier alpha value is -2.68. The van der Waals surface area contributed by atoms with Crippen LogP contribution in [0.25, 0.3) is 11.3 Å². The third-order valence-electron chi connectivity index (χ3n) is 3.58. The van der Waals surface area contributed by atoms with Crippen molar-refractivity contribution < 1.29 is 14.0 Å². The molecular weight excluding hydrogens is 466 g/mol. The van der Waals surface area contributed by atoms with Gasteiger partial charge in [0.05, 0.1) is 0 Å². The number of amides is 2. The maximum atomic E-state index is 12.2. The first kappa shape index (κ1) is 20.1. The molecule has 1 aromatic heterocycles. The summed E-state index contributed by atoms with van der Waals surface area (Å²) in [5, 5.41) is 2.88. The zero-order valence-corrected chi connectivity index (χ0v) is 17.3. The van der Waals surface area contributed by atoms with Crippen LogP contribution >= 0.6 is 39.7 Å². The van der Waals surface area contributed by atoms with E-state index in [0.717, 1.165) is 10.0 Å². The first-order chi connectivity index (χ1) is 13.4. The topological polar surface area (TPSA) is 83.4 Å². The lowest BCUT2D eigenvalue weighted by molar-refractivity contribution is 0.0927. The van der Waals surface area contributed by atoms with Crippen LogP contribution in [0.3, 0.4) is 0 Å². The van der Waals surface area contributed by atoms with Crippen molar-refractivity contribution in [3.05, 3.63) is 81.5 Å². The molecule has 0 atom stereocenters. The number of nitrogens with one attached hydrogen (secondary N) is 3. The molecule has 0 aliphatic carbocycles. The molecule has 0 fully saturated rings. The second-order valence-electron chi connectivity index (χ2n) is 5.54. The van der Waals surface area contributed by atoms with Crippen LogP contribution in [0.5, 0.6) is 0 Å². The van der Waals surface area contributed by atoms with Crippen molar-refractivity contribution in [2.75, 3.05) is 0 Å². The number of carbonyl (C=O) groups excluding carboxylic acids is 2. The van der Waals surface area contributed by atoms with E-state index in [1.807, 2.05) is 24.3 Å². The van der Waals surface area contributed by atoms with E-state index in [1.165, 1.54) is 0 Å². The highest BCUT2D eigenvalue weighted by atomic mass is 79.9. The molecule has 0 aliphatic rings. The predicted molar refractivity (Wildman–Crippen MR) is 114 cm³/mol. The molecule has 3 rings (SSSR count). The van der Waals surface area contributed by atoms with Gasteiger partial charge in [0.15, 0.2) is 10.9 Å². The van der Waals surface area contributed by atoms with Gasteiger partial charge >= 0.3 is 0 Å². The molecule has 2 aromatic carbocycles. The van der Waals surface area contributed by atoms with Crippen molar-refractivity contribution in [3.63, 3.8) is 0 Å². The van der Waals surface area contributed by atoms with Gasteiger partial charge in [0.1, 0.15) is 5.76 Å². The number of furan rings is 1. The average Bonchev–Trinajstić information content (AvgIpc) is 3.17. The molecule has 0 aliphatic heterocycles. The van der Waals surface area contributed by atoms with E-state index >= 15 is 0 Å². The maximum absolute atomic E-state index is 12.2. The molecule has 0 radical (unpaired) electrons. The normalized spacial score (nSPS) is 10.2. The van der Waals surface area contributed by atoms with Gasteiger partial charge in [-0.05, 0) is 60.7 Å². The summed E-state index contributed by atoms with van der Waals surface area (Å²) in [6.07, 6.45) is 0. The van der Waals surface area contributed by atoms with Crippen LogP contribution in [-0.2, 0) is 0 Å². The van der Waals surface area contributed by atoms with E-state index < -0.39 is 11.8 Å². The summed E-state index contributed by atoms with van der Waals surface area (Å²) in [4.78, 5) is 24.2. The highest BCUT2D eigenvalue weighted by Crippen LogP contribution is 2.23. The van der Waals surface area contributed by atoms with Gasteiger partial charge in [-0.15, -0.1) is 0 Å². The Labute approximate surface area is 179 Å². The number of benzene rings is 2. The summed E-state index contributed by atoms with van der Waals surface area (Å²) in [7, 11) is 0. The quantitative estimate of drug-likeness (QED) is 0.386. The number of hydrazine groups is 1. The van der Waals surface area contributed by atoms with Gasteiger partial charge in [-0.25, -0.2) is 0 Å². The standard InChI is InChI=1S/C19H13BrClN3O3S/c20-13-5-1-11(2-6-13)15-9-10-16(27-15)18(26)22-19(28)24-23-17(25)12-3-7-14(21)8-4-12/h1-10H,(H,23,25)(H2,22,24,26,28). The minimum absolute atomic E-state index is 0.0751. The third kappa shape index (κ3) is 5.19. The molecule has 1 heterocycles. The zero-order chi connectivity index (χ0) is 20.1. The zero-order valence-electron chi connectivity index (χ0n) is 14.2. The van der Waals surface area contributed by atoms with Crippen molar-refractivity contribution in [3.8, 4) is 11.3 Å². The van der Waals surface area contributed by atoms with Gasteiger partial charge in [-0.2, -0.15) is 0 Å². The van der Waals surface area contributed by atoms with Crippen molar-refractivity contribution >= 4 is 56.7 Å². The van der Waals surface area contributed by atoms with Crippen LogP contribution in [0.15, 0.2) is 69.6 Å². The second kappa shape index (κ2) is 9.01. The Balaban J connectivity index is 1.54. The number of hydrogen-bond acceptors (Lipinski definition) is 4. The molecule has 0 bridgehead atoms. The number of halogens is 2. The predicted octanol–water partition coefficient (Wildman–Crippen LogP) is 4.31. The summed E-state index contributed by atoms with van der Waals surface area (Å²) in [5.41, 5.74) is 6.07. The Bertz CT molecular complexity index is 1020. The second-order valence-corrected chi connectivity index (χ2v) is 7.30. The van der Waals surface area contributed by atoms with Crippen LogP contribution in [0.2, 0.25) is 5.02 Å². The summed E-state index contributed by atoms with van der Waals surface area (Å²) >= 11 is 14.2. The molecule has 0 spiro atoms. The third-order valence-corrected chi connectivity index (χ3v) is 4.57. The maximum Gasteiger partial charge on any atom is 0.293 e. The van der Waals surface area contributed by atoms with Gasteiger partial charge in [0.2, 0.25) is 0 Å². The van der Waals surface area contributed by atoms with Gasteiger partial charge < -0.3 is 4.42 Å². The number of thiocarbonyl (C=S) groups is 1. The van der Waals surface area contributed by atoms with Gasteiger partial charge in [0, 0.05) is 20.6 Å². The van der Waals surface area contributed by atoms with E-state index in [0.29, 0.717) is 16.3 Å². The van der Waals surface area contributed by atoms with E-state index in [2.05, 4.69) is 32.1 Å². The molecule has 0 unspecified atom stereocenters. The fourth-order valence-electron chi connectivity index (χ4n) is 2.21. The fourth-order valence-corrected chi connectivity index (χ4v) is 2.75. The Kier molecular flexibility index (Phi) is 6.45. The average molecular weight is 479 g/mol. The minimum Gasteiger partial charge on any atom is -0.451 e. The summed E-state index contributed by atoms with van der Waals surface area (Å²) in [5.74, 6) is -0.330. The van der Waals surface area contributed by atoms with Crippen molar-refractivity contribution in [2.45, 2.75) is 0 Å². The molecule has 6 nitrogen and oxygen atoms in total. The van der Waals surface area contributed by atoms with Crippen LogP contribution in [0.1, 0.15) is 20.9 Å². The molecule has 28 heavy (non-hydrogen) atoms. The molecule has 2 amide bonds. The molecule has 3 aromatic rings. The monoisotopic (exact) mass is 477 g/mol. The lowest BCUT2D eigenvalue weighted by Gasteiger charge is -2.10. The number of rotatable bonds is 3. The van der Waals surface area contributed by atoms with Crippen molar-refractivity contribution in [1.29, 1.82) is 0 Å². The van der Waals surface area contributed by atoms with Crippen molar-refractivity contribution in [2.24, 2.45) is 0 Å². The first-order valence-electron chi connectivity index (χ1n) is 7.95. The lowest BCUT2D eigenvalue weighted by atomic mass is 10.2. The summed E-state index contributed by atoms with van der Waals surface area (Å²) in [6.45, 7) is 0. The van der Waals surface area contributed by atoms with E-state index in [1.54, 1.807) is 36.4 Å². The van der Waals surface area contributed by atoms with E-state index in [-0.39, 0.29) is 10.9 Å². The highest BCUT2D eigenvalue weighted by Gasteiger charge is 2.14. The van der Waals surface area contributed by atoms with Gasteiger partial charge in [-0.3, -0.25) is 25.8 Å². The smallest absolute Gasteiger partial charge is 0.293 e. The molecule has 142 valence electrons. The minimum atomic E-state index is -0.540. The van der Waals surface area contributed by atoms with E-state index in [9.17, 15) is 9.59 Å². The Morgan fingerprint density at radius 1 is 0.893 bits per heavy atom. The largest absolute Gasteiger partial charge is 0.451 e. The molecule has 3 N–H and O–H groups in total. The highest BCUT2D eigenvalue weighted by molar-refractivity contribution is 9.10. The van der Waals surface area contributed by atoms with Gasteiger partial charge in [0.25, 0.3) is 11.8 Å². The number of hydrogen-bond donors (Lipinski definition) is 3. The fraction of sp³-hybridized carbons (Fsp3) is 0. The van der Waals surface area contributed by atoms with Crippen LogP contribution in [0, 0.1) is 0 Å². The van der Waals surface area contributed by atoms with Crippen molar-refractivity contribution in [1.82, 2.24) is 16.2 Å². The molecular formula is C19H13BrClN3O3S. The van der Waals surface area contributed by atoms with Crippen LogP contribution in [0.4, 0.5) is 0 Å². The summed E-state index contributed by atoms with van der Waals surface area (Å²) < 4.78 is 6.51. The Morgan fingerprint density at radius 3 is 2.25 bits per heavy atom.